The number of anilines is 1. The number of aromatic nitrogens is 2. The van der Waals surface area contributed by atoms with Crippen LogP contribution >= 0.6 is 0 Å². The molecule has 0 spiro atoms. The molecule has 6 heteroatoms. The molecule has 0 aliphatic carbocycles. The van der Waals surface area contributed by atoms with Crippen LogP contribution in [0.2, 0.25) is 0 Å². The Labute approximate surface area is 170 Å². The summed E-state index contributed by atoms with van der Waals surface area (Å²) in [6, 6.07) is 17.1. The molecule has 0 fully saturated rings. The van der Waals surface area contributed by atoms with Crippen molar-refractivity contribution in [1.29, 1.82) is 0 Å². The van der Waals surface area contributed by atoms with Gasteiger partial charge in [-0.1, -0.05) is 31.2 Å². The van der Waals surface area contributed by atoms with Crippen molar-refractivity contribution in [2.24, 2.45) is 0 Å². The maximum absolute atomic E-state index is 12.3. The second-order valence-electron chi connectivity index (χ2n) is 6.77. The number of nitrogens with zero attached hydrogens (tertiary/aromatic N) is 2. The zero-order valence-electron chi connectivity index (χ0n) is 16.9. The Balaban J connectivity index is 2.05. The number of hydrogen-bond donors (Lipinski definition) is 1. The number of carbonyl (C=O) groups is 2. The second kappa shape index (κ2) is 9.19. The highest BCUT2D eigenvalue weighted by Crippen LogP contribution is 2.27. The zero-order chi connectivity index (χ0) is 20.8. The molecule has 0 saturated carbocycles. The largest absolute Gasteiger partial charge is 0.461 e. The second-order valence-corrected chi connectivity index (χ2v) is 6.77. The summed E-state index contributed by atoms with van der Waals surface area (Å²) >= 11 is 0. The van der Waals surface area contributed by atoms with Gasteiger partial charge in [-0.2, -0.15) is 5.10 Å². The van der Waals surface area contributed by atoms with Crippen LogP contribution in [0.15, 0.2) is 54.6 Å². The Morgan fingerprint density at radius 3 is 2.59 bits per heavy atom. The molecule has 2 aromatic carbocycles. The average molecular weight is 391 g/mol. The van der Waals surface area contributed by atoms with Gasteiger partial charge in [-0.15, -0.1) is 0 Å². The minimum Gasteiger partial charge on any atom is -0.461 e. The molecule has 6 nitrogen and oxygen atoms in total. The van der Waals surface area contributed by atoms with E-state index in [-0.39, 0.29) is 18.2 Å². The molecule has 0 atom stereocenters. The molecule has 1 amide bonds. The summed E-state index contributed by atoms with van der Waals surface area (Å²) in [5.74, 6) is -0.489. The first-order valence-corrected chi connectivity index (χ1v) is 9.76. The van der Waals surface area contributed by atoms with Crippen molar-refractivity contribution in [3.8, 4) is 16.9 Å². The number of carbonyl (C=O) groups excluding carboxylic acids is 2. The van der Waals surface area contributed by atoms with Gasteiger partial charge in [-0.25, -0.2) is 9.48 Å². The van der Waals surface area contributed by atoms with E-state index in [4.69, 9.17) is 4.74 Å². The molecule has 0 aliphatic heterocycles. The number of benzene rings is 2. The number of ether oxygens (including phenoxy) is 1. The van der Waals surface area contributed by atoms with Crippen LogP contribution in [0, 0.1) is 6.92 Å². The molecule has 0 aliphatic rings. The fourth-order valence-electron chi connectivity index (χ4n) is 3.05. The maximum atomic E-state index is 12.3. The number of esters is 1. The first-order chi connectivity index (χ1) is 14.0. The van der Waals surface area contributed by atoms with Crippen molar-refractivity contribution in [3.63, 3.8) is 0 Å². The molecule has 0 bridgehead atoms. The van der Waals surface area contributed by atoms with Gasteiger partial charge >= 0.3 is 5.97 Å². The van der Waals surface area contributed by atoms with Crippen molar-refractivity contribution in [2.75, 3.05) is 11.9 Å². The van der Waals surface area contributed by atoms with Crippen LogP contribution in [-0.4, -0.2) is 28.3 Å². The summed E-state index contributed by atoms with van der Waals surface area (Å²) in [4.78, 5) is 24.2. The van der Waals surface area contributed by atoms with Crippen LogP contribution in [-0.2, 0) is 9.53 Å². The predicted molar refractivity (Wildman–Crippen MR) is 113 cm³/mol. The molecule has 1 aromatic heterocycles. The van der Waals surface area contributed by atoms with Crippen LogP contribution in [0.1, 0.15) is 42.7 Å². The molecule has 0 saturated heterocycles. The lowest BCUT2D eigenvalue weighted by atomic mass is 10.1. The Morgan fingerprint density at radius 2 is 1.86 bits per heavy atom. The fraction of sp³-hybridized carbons (Fsp3) is 0.261. The highest BCUT2D eigenvalue weighted by Gasteiger charge is 2.18. The Morgan fingerprint density at radius 1 is 1.07 bits per heavy atom. The van der Waals surface area contributed by atoms with Crippen LogP contribution in [0.5, 0.6) is 0 Å². The van der Waals surface area contributed by atoms with Gasteiger partial charge in [0.1, 0.15) is 0 Å². The van der Waals surface area contributed by atoms with Gasteiger partial charge in [0.25, 0.3) is 0 Å². The minimum absolute atomic E-state index is 0.0240. The summed E-state index contributed by atoms with van der Waals surface area (Å²) < 4.78 is 6.85. The van der Waals surface area contributed by atoms with E-state index >= 15 is 0 Å². The Hall–Kier alpha value is -3.41. The molecule has 29 heavy (non-hydrogen) atoms. The summed E-state index contributed by atoms with van der Waals surface area (Å²) in [5, 5.41) is 7.40. The highest BCUT2D eigenvalue weighted by molar-refractivity contribution is 5.92. The smallest absolute Gasteiger partial charge is 0.358 e. The number of aryl methyl sites for hydroxylation is 1. The number of rotatable bonds is 7. The van der Waals surface area contributed by atoms with E-state index < -0.39 is 5.97 Å². The topological polar surface area (TPSA) is 73.2 Å². The zero-order valence-corrected chi connectivity index (χ0v) is 16.9. The highest BCUT2D eigenvalue weighted by atomic mass is 16.5. The van der Waals surface area contributed by atoms with E-state index in [1.54, 1.807) is 17.7 Å². The van der Waals surface area contributed by atoms with Gasteiger partial charge in [-0.3, -0.25) is 4.79 Å². The van der Waals surface area contributed by atoms with Crippen molar-refractivity contribution in [3.05, 3.63) is 65.9 Å². The van der Waals surface area contributed by atoms with E-state index in [0.29, 0.717) is 12.1 Å². The lowest BCUT2D eigenvalue weighted by molar-refractivity contribution is -0.116. The first-order valence-electron chi connectivity index (χ1n) is 9.76. The van der Waals surface area contributed by atoms with Crippen LogP contribution < -0.4 is 5.32 Å². The first kappa shape index (κ1) is 20.3. The normalized spacial score (nSPS) is 10.6. The maximum Gasteiger partial charge on any atom is 0.358 e. The number of hydrogen-bond acceptors (Lipinski definition) is 4. The van der Waals surface area contributed by atoms with Crippen molar-refractivity contribution >= 4 is 17.6 Å². The van der Waals surface area contributed by atoms with Gasteiger partial charge in [-0.05, 0) is 56.2 Å². The monoisotopic (exact) mass is 391 g/mol. The minimum atomic E-state index is -0.465. The van der Waals surface area contributed by atoms with Crippen molar-refractivity contribution in [2.45, 2.75) is 33.6 Å². The fourth-order valence-corrected chi connectivity index (χ4v) is 3.05. The predicted octanol–water partition coefficient (Wildman–Crippen LogP) is 4.76. The van der Waals surface area contributed by atoms with Gasteiger partial charge < -0.3 is 10.1 Å². The third kappa shape index (κ3) is 4.90. The van der Waals surface area contributed by atoms with E-state index in [2.05, 4.69) is 10.4 Å². The summed E-state index contributed by atoms with van der Waals surface area (Å²) in [5.41, 5.74) is 4.45. The van der Waals surface area contributed by atoms with E-state index in [1.165, 1.54) is 0 Å². The molecule has 3 aromatic rings. The summed E-state index contributed by atoms with van der Waals surface area (Å²) in [7, 11) is 0. The molecule has 0 unspecified atom stereocenters. The molecular weight excluding hydrogens is 366 g/mol. The van der Waals surface area contributed by atoms with Crippen molar-refractivity contribution < 1.29 is 14.3 Å². The SMILES string of the molecule is CCCC(=O)Nc1cccc(-c2cc(C(=O)OCC)nn2-c2cccc(C)c2)c1. The average Bonchev–Trinajstić information content (AvgIpc) is 3.14. The quantitative estimate of drug-likeness (QED) is 0.589. The standard InChI is InChI=1S/C23H25N3O3/c1-4-8-22(27)24-18-11-7-10-17(14-18)21-15-20(23(28)29-5-2)25-26(21)19-12-6-9-16(3)13-19/h6-7,9-15H,4-5,8H2,1-3H3,(H,24,27). The van der Waals surface area contributed by atoms with Crippen LogP contribution in [0.25, 0.3) is 16.9 Å². The van der Waals surface area contributed by atoms with Gasteiger partial charge in [0, 0.05) is 17.7 Å². The molecule has 150 valence electrons. The Kier molecular flexibility index (Phi) is 6.44. The van der Waals surface area contributed by atoms with Crippen LogP contribution in [0.4, 0.5) is 5.69 Å². The summed E-state index contributed by atoms with van der Waals surface area (Å²) in [6.45, 7) is 6.01. The lowest BCUT2D eigenvalue weighted by Crippen LogP contribution is -2.10. The molecule has 1 N–H and O–H groups in total. The van der Waals surface area contributed by atoms with Crippen LogP contribution in [0.3, 0.4) is 0 Å². The molecule has 3 rings (SSSR count). The molecule has 1 heterocycles. The van der Waals surface area contributed by atoms with E-state index in [0.717, 1.165) is 28.9 Å². The van der Waals surface area contributed by atoms with Crippen molar-refractivity contribution in [1.82, 2.24) is 9.78 Å². The molecular formula is C23H25N3O3. The van der Waals surface area contributed by atoms with E-state index in [1.807, 2.05) is 62.4 Å². The third-order valence-electron chi connectivity index (χ3n) is 4.36. The number of amides is 1. The molecule has 0 radical (unpaired) electrons. The summed E-state index contributed by atoms with van der Waals surface area (Å²) in [6.07, 6.45) is 1.26. The lowest BCUT2D eigenvalue weighted by Gasteiger charge is -2.10. The third-order valence-corrected chi connectivity index (χ3v) is 4.36. The van der Waals surface area contributed by atoms with Gasteiger partial charge in [0.15, 0.2) is 5.69 Å². The number of nitrogens with one attached hydrogen (secondary N) is 1. The Bertz CT molecular complexity index is 1020. The van der Waals surface area contributed by atoms with Gasteiger partial charge in [0.05, 0.1) is 18.0 Å². The van der Waals surface area contributed by atoms with Gasteiger partial charge in [0.2, 0.25) is 5.91 Å². The van der Waals surface area contributed by atoms with E-state index in [9.17, 15) is 9.59 Å².